The van der Waals surface area contributed by atoms with Crippen LogP contribution in [0.1, 0.15) is 38.3 Å². The Hall–Kier alpha value is -1.75. The Morgan fingerprint density at radius 2 is 2.13 bits per heavy atom. The van der Waals surface area contributed by atoms with E-state index in [1.807, 2.05) is 18.2 Å². The van der Waals surface area contributed by atoms with Gasteiger partial charge in [0.15, 0.2) is 0 Å². The molecule has 1 aromatic rings. The number of ether oxygens (including phenoxy) is 2. The summed E-state index contributed by atoms with van der Waals surface area (Å²) in [4.78, 5) is 14.4. The van der Waals surface area contributed by atoms with Crippen molar-refractivity contribution in [2.24, 2.45) is 5.92 Å². The lowest BCUT2D eigenvalue weighted by molar-refractivity contribution is -0.122. The van der Waals surface area contributed by atoms with Gasteiger partial charge in [-0.2, -0.15) is 0 Å². The van der Waals surface area contributed by atoms with Gasteiger partial charge in [0.2, 0.25) is 5.91 Å². The molecule has 1 fully saturated rings. The molecule has 1 heterocycles. The van der Waals surface area contributed by atoms with Crippen molar-refractivity contribution in [3.05, 3.63) is 23.8 Å². The smallest absolute Gasteiger partial charge is 0.234 e. The van der Waals surface area contributed by atoms with Gasteiger partial charge in [-0.1, -0.05) is 13.8 Å². The van der Waals surface area contributed by atoms with Crippen molar-refractivity contribution >= 4 is 5.91 Å². The molecule has 0 unspecified atom stereocenters. The number of benzene rings is 1. The molecule has 5 heteroatoms. The molecule has 0 radical (unpaired) electrons. The van der Waals surface area contributed by atoms with E-state index in [-0.39, 0.29) is 11.9 Å². The van der Waals surface area contributed by atoms with E-state index in [1.54, 1.807) is 14.2 Å². The highest BCUT2D eigenvalue weighted by atomic mass is 16.5. The van der Waals surface area contributed by atoms with Gasteiger partial charge in [0.05, 0.1) is 20.8 Å². The molecule has 1 atom stereocenters. The summed E-state index contributed by atoms with van der Waals surface area (Å²) in [5.41, 5.74) is 1.10. The number of carbonyl (C=O) groups is 1. The summed E-state index contributed by atoms with van der Waals surface area (Å²) in [7, 11) is 3.34. The number of nitrogens with zero attached hydrogens (tertiary/aromatic N) is 1. The Morgan fingerprint density at radius 3 is 2.78 bits per heavy atom. The second-order valence-corrected chi connectivity index (χ2v) is 6.43. The summed E-state index contributed by atoms with van der Waals surface area (Å²) in [5, 5.41) is 3.00. The summed E-state index contributed by atoms with van der Waals surface area (Å²) >= 11 is 0. The highest BCUT2D eigenvalue weighted by molar-refractivity contribution is 5.78. The van der Waals surface area contributed by atoms with E-state index >= 15 is 0 Å². The third kappa shape index (κ3) is 4.61. The second-order valence-electron chi connectivity index (χ2n) is 6.43. The normalized spacial score (nSPS) is 18.2. The first kappa shape index (κ1) is 17.6. The number of nitrogens with one attached hydrogen (secondary N) is 1. The molecule has 5 nitrogen and oxygen atoms in total. The van der Waals surface area contributed by atoms with Gasteiger partial charge >= 0.3 is 0 Å². The average molecular weight is 320 g/mol. The van der Waals surface area contributed by atoms with Crippen molar-refractivity contribution in [2.45, 2.75) is 32.7 Å². The molecule has 1 aromatic carbocycles. The van der Waals surface area contributed by atoms with Crippen LogP contribution in [0.4, 0.5) is 0 Å². The molecule has 1 amide bonds. The average Bonchev–Trinajstić information content (AvgIpc) is 3.00. The number of likely N-dealkylation sites (tertiary alicyclic amines) is 1. The standard InChI is InChI=1S/C18H28N2O3/c1-13(2)11-19-18(21)12-20-9-5-6-16(20)15-10-14(22-3)7-8-17(15)23-4/h7-8,10,13,16H,5-6,9,11-12H2,1-4H3,(H,19,21)/t16-/m0/s1. The summed E-state index contributed by atoms with van der Waals surface area (Å²) in [6.45, 7) is 6.28. The first-order valence-electron chi connectivity index (χ1n) is 8.27. The molecule has 1 aliphatic rings. The minimum atomic E-state index is 0.0902. The van der Waals surface area contributed by atoms with Gasteiger partial charge in [-0.3, -0.25) is 9.69 Å². The maximum absolute atomic E-state index is 12.1. The van der Waals surface area contributed by atoms with Gasteiger partial charge in [-0.15, -0.1) is 0 Å². The van der Waals surface area contributed by atoms with Crippen molar-refractivity contribution in [2.75, 3.05) is 33.9 Å². The van der Waals surface area contributed by atoms with Crippen LogP contribution < -0.4 is 14.8 Å². The third-order valence-corrected chi connectivity index (χ3v) is 4.21. The molecular formula is C18H28N2O3. The number of amides is 1. The van der Waals surface area contributed by atoms with Crippen molar-refractivity contribution in [1.82, 2.24) is 10.2 Å². The SMILES string of the molecule is COc1ccc(OC)c([C@@H]2CCCN2CC(=O)NCC(C)C)c1. The number of methoxy groups -OCH3 is 2. The lowest BCUT2D eigenvalue weighted by Gasteiger charge is -2.26. The quantitative estimate of drug-likeness (QED) is 0.839. The first-order valence-corrected chi connectivity index (χ1v) is 8.27. The third-order valence-electron chi connectivity index (χ3n) is 4.21. The Morgan fingerprint density at radius 1 is 1.35 bits per heavy atom. The summed E-state index contributed by atoms with van der Waals surface area (Å²) in [6, 6.07) is 6.05. The van der Waals surface area contributed by atoms with Crippen molar-refractivity contribution < 1.29 is 14.3 Å². The number of hydrogen-bond donors (Lipinski definition) is 1. The van der Waals surface area contributed by atoms with Crippen molar-refractivity contribution in [1.29, 1.82) is 0 Å². The first-order chi connectivity index (χ1) is 11.0. The topological polar surface area (TPSA) is 50.8 Å². The molecule has 0 bridgehead atoms. The number of carbonyl (C=O) groups excluding carboxylic acids is 1. The Labute approximate surface area is 139 Å². The molecule has 23 heavy (non-hydrogen) atoms. The largest absolute Gasteiger partial charge is 0.497 e. The molecule has 128 valence electrons. The monoisotopic (exact) mass is 320 g/mol. The zero-order valence-corrected chi connectivity index (χ0v) is 14.6. The van der Waals surface area contributed by atoms with Crippen LogP contribution >= 0.6 is 0 Å². The molecule has 0 aliphatic carbocycles. The lowest BCUT2D eigenvalue weighted by Crippen LogP contribution is -2.38. The van der Waals surface area contributed by atoms with Crippen molar-refractivity contribution in [3.63, 3.8) is 0 Å². The van der Waals surface area contributed by atoms with E-state index in [9.17, 15) is 4.79 Å². The zero-order chi connectivity index (χ0) is 16.8. The maximum atomic E-state index is 12.1. The fraction of sp³-hybridized carbons (Fsp3) is 0.611. The molecule has 1 aliphatic heterocycles. The predicted molar refractivity (Wildman–Crippen MR) is 90.9 cm³/mol. The number of rotatable bonds is 7. The van der Waals surface area contributed by atoms with Crippen LogP contribution in [0, 0.1) is 5.92 Å². The molecule has 0 saturated carbocycles. The van der Waals surface area contributed by atoms with Gasteiger partial charge in [-0.05, 0) is 43.5 Å². The van der Waals surface area contributed by atoms with Crippen LogP contribution in [0.15, 0.2) is 18.2 Å². The van der Waals surface area contributed by atoms with Gasteiger partial charge in [0, 0.05) is 18.2 Å². The van der Waals surface area contributed by atoms with Gasteiger partial charge < -0.3 is 14.8 Å². The maximum Gasteiger partial charge on any atom is 0.234 e. The molecule has 1 N–H and O–H groups in total. The zero-order valence-electron chi connectivity index (χ0n) is 14.6. The van der Waals surface area contributed by atoms with E-state index in [0.29, 0.717) is 12.5 Å². The van der Waals surface area contributed by atoms with E-state index in [0.717, 1.165) is 43.0 Å². The summed E-state index contributed by atoms with van der Waals surface area (Å²) in [6.07, 6.45) is 2.11. The highest BCUT2D eigenvalue weighted by Gasteiger charge is 2.30. The van der Waals surface area contributed by atoms with Crippen LogP contribution in [-0.4, -0.2) is 44.7 Å². The van der Waals surface area contributed by atoms with E-state index in [2.05, 4.69) is 24.1 Å². The van der Waals surface area contributed by atoms with Crippen LogP contribution in [0.5, 0.6) is 11.5 Å². The summed E-state index contributed by atoms with van der Waals surface area (Å²) in [5.74, 6) is 2.22. The fourth-order valence-electron chi connectivity index (χ4n) is 3.03. The Bertz CT molecular complexity index is 531. The lowest BCUT2D eigenvalue weighted by atomic mass is 10.0. The van der Waals surface area contributed by atoms with Crippen LogP contribution in [-0.2, 0) is 4.79 Å². The minimum absolute atomic E-state index is 0.0902. The molecule has 0 aromatic heterocycles. The van der Waals surface area contributed by atoms with E-state index < -0.39 is 0 Å². The predicted octanol–water partition coefficient (Wildman–Crippen LogP) is 2.61. The Kier molecular flexibility index (Phi) is 6.28. The van der Waals surface area contributed by atoms with Gasteiger partial charge in [0.1, 0.15) is 11.5 Å². The summed E-state index contributed by atoms with van der Waals surface area (Å²) < 4.78 is 10.8. The Balaban J connectivity index is 2.10. The van der Waals surface area contributed by atoms with Gasteiger partial charge in [0.25, 0.3) is 0 Å². The van der Waals surface area contributed by atoms with E-state index in [1.165, 1.54) is 0 Å². The highest BCUT2D eigenvalue weighted by Crippen LogP contribution is 2.38. The van der Waals surface area contributed by atoms with Crippen LogP contribution in [0.2, 0.25) is 0 Å². The minimum Gasteiger partial charge on any atom is -0.497 e. The van der Waals surface area contributed by atoms with E-state index in [4.69, 9.17) is 9.47 Å². The molecule has 2 rings (SSSR count). The molecule has 0 spiro atoms. The molecule has 1 saturated heterocycles. The van der Waals surface area contributed by atoms with Gasteiger partial charge in [-0.25, -0.2) is 0 Å². The molecular weight excluding hydrogens is 292 g/mol. The van der Waals surface area contributed by atoms with Crippen molar-refractivity contribution in [3.8, 4) is 11.5 Å². The second kappa shape index (κ2) is 8.20. The fourth-order valence-corrected chi connectivity index (χ4v) is 3.03. The van der Waals surface area contributed by atoms with Crippen LogP contribution in [0.25, 0.3) is 0 Å². The van der Waals surface area contributed by atoms with Crippen LogP contribution in [0.3, 0.4) is 0 Å². The number of hydrogen-bond acceptors (Lipinski definition) is 4.